The predicted molar refractivity (Wildman–Crippen MR) is 81.1 cm³/mol. The molecular weight excluding hydrogens is 281 g/mol. The van der Waals surface area contributed by atoms with E-state index in [4.69, 9.17) is 23.2 Å². The van der Waals surface area contributed by atoms with E-state index in [1.165, 1.54) is 6.20 Å². The van der Waals surface area contributed by atoms with Crippen LogP contribution in [0.15, 0.2) is 47.7 Å². The number of benzene rings is 1. The number of anilines is 1. The summed E-state index contributed by atoms with van der Waals surface area (Å²) in [6.07, 6.45) is 2.33. The lowest BCUT2D eigenvalue weighted by atomic mass is 10.1. The molecule has 0 aliphatic heterocycles. The molecule has 1 aromatic carbocycles. The number of rotatable bonds is 4. The molecule has 1 aromatic heterocycles. The minimum atomic E-state index is 0.444. The first-order valence-corrected chi connectivity index (χ1v) is 6.65. The summed E-state index contributed by atoms with van der Waals surface area (Å²) in [6, 6.07) is 11.6. The molecule has 0 saturated heterocycles. The van der Waals surface area contributed by atoms with E-state index in [0.717, 1.165) is 17.7 Å². The van der Waals surface area contributed by atoms with Gasteiger partial charge in [-0.1, -0.05) is 60.5 Å². The Kier molecular flexibility index (Phi) is 4.77. The molecule has 98 valence electrons. The molecule has 2 aromatic rings. The molecule has 0 amide bonds. The standard InChI is InChI=1S/C14H13Cl2N3/c1-2-13(10-6-4-3-5-7-10)18-19-14-12(16)8-11(15)9-17-14/h3-9H,2H2,1H3,(H,17,19)/b18-13-. The maximum atomic E-state index is 6.02. The van der Waals surface area contributed by atoms with Gasteiger partial charge in [0.15, 0.2) is 5.82 Å². The van der Waals surface area contributed by atoms with E-state index in [2.05, 4.69) is 15.5 Å². The molecule has 0 aliphatic rings. The molecular formula is C14H13Cl2N3. The first-order chi connectivity index (χ1) is 9.20. The summed E-state index contributed by atoms with van der Waals surface area (Å²) >= 11 is 11.8. The molecule has 0 bridgehead atoms. The molecule has 0 spiro atoms. The average Bonchev–Trinajstić information content (AvgIpc) is 2.43. The summed E-state index contributed by atoms with van der Waals surface area (Å²) in [6.45, 7) is 2.05. The Balaban J connectivity index is 2.20. The smallest absolute Gasteiger partial charge is 0.165 e. The molecule has 0 unspecified atom stereocenters. The third-order valence-electron chi connectivity index (χ3n) is 2.55. The molecule has 0 atom stereocenters. The Morgan fingerprint density at radius 3 is 2.63 bits per heavy atom. The highest BCUT2D eigenvalue weighted by Crippen LogP contribution is 2.22. The van der Waals surface area contributed by atoms with Crippen molar-refractivity contribution in [1.82, 2.24) is 4.98 Å². The van der Waals surface area contributed by atoms with E-state index in [1.54, 1.807) is 6.07 Å². The van der Waals surface area contributed by atoms with Gasteiger partial charge in [-0.15, -0.1) is 0 Å². The zero-order chi connectivity index (χ0) is 13.7. The van der Waals surface area contributed by atoms with Crippen LogP contribution in [0.4, 0.5) is 5.82 Å². The van der Waals surface area contributed by atoms with Crippen LogP contribution in [-0.4, -0.2) is 10.7 Å². The zero-order valence-electron chi connectivity index (χ0n) is 10.4. The van der Waals surface area contributed by atoms with Crippen molar-refractivity contribution >= 4 is 34.7 Å². The third-order valence-corrected chi connectivity index (χ3v) is 3.04. The Bertz CT molecular complexity index is 582. The lowest BCUT2D eigenvalue weighted by Crippen LogP contribution is -2.04. The van der Waals surface area contributed by atoms with Crippen molar-refractivity contribution in [3.05, 3.63) is 58.2 Å². The van der Waals surface area contributed by atoms with Crippen LogP contribution in [-0.2, 0) is 0 Å². The number of pyridine rings is 1. The van der Waals surface area contributed by atoms with Crippen LogP contribution in [0.25, 0.3) is 0 Å². The summed E-state index contributed by atoms with van der Waals surface area (Å²) in [5.41, 5.74) is 4.89. The van der Waals surface area contributed by atoms with E-state index in [1.807, 2.05) is 37.3 Å². The monoisotopic (exact) mass is 293 g/mol. The average molecular weight is 294 g/mol. The number of aromatic nitrogens is 1. The second-order valence-corrected chi connectivity index (χ2v) is 4.72. The maximum absolute atomic E-state index is 6.02. The van der Waals surface area contributed by atoms with Gasteiger partial charge in [-0.3, -0.25) is 5.43 Å². The van der Waals surface area contributed by atoms with Crippen molar-refractivity contribution < 1.29 is 0 Å². The summed E-state index contributed by atoms with van der Waals surface area (Å²) in [5, 5.41) is 5.29. The molecule has 2 rings (SSSR count). The zero-order valence-corrected chi connectivity index (χ0v) is 11.9. The van der Waals surface area contributed by atoms with Crippen molar-refractivity contribution in [2.45, 2.75) is 13.3 Å². The second-order valence-electron chi connectivity index (χ2n) is 3.87. The number of hydrogen-bond acceptors (Lipinski definition) is 3. The molecule has 0 saturated carbocycles. The molecule has 3 nitrogen and oxygen atoms in total. The summed E-state index contributed by atoms with van der Waals surface area (Å²) in [7, 11) is 0. The summed E-state index contributed by atoms with van der Waals surface area (Å²) in [4.78, 5) is 4.10. The minimum Gasteiger partial charge on any atom is -0.260 e. The van der Waals surface area contributed by atoms with Gasteiger partial charge < -0.3 is 0 Å². The first-order valence-electron chi connectivity index (χ1n) is 5.89. The highest BCUT2D eigenvalue weighted by Gasteiger charge is 2.03. The van der Waals surface area contributed by atoms with Gasteiger partial charge >= 0.3 is 0 Å². The minimum absolute atomic E-state index is 0.444. The Morgan fingerprint density at radius 2 is 2.00 bits per heavy atom. The van der Waals surface area contributed by atoms with Gasteiger partial charge in [-0.05, 0) is 18.1 Å². The largest absolute Gasteiger partial charge is 0.260 e. The number of nitrogens with one attached hydrogen (secondary N) is 1. The van der Waals surface area contributed by atoms with Crippen LogP contribution in [0, 0.1) is 0 Å². The van der Waals surface area contributed by atoms with Gasteiger partial charge in [-0.25, -0.2) is 4.98 Å². The van der Waals surface area contributed by atoms with Crippen molar-refractivity contribution in [2.24, 2.45) is 5.10 Å². The van der Waals surface area contributed by atoms with Gasteiger partial charge in [0, 0.05) is 6.20 Å². The predicted octanol–water partition coefficient (Wildman–Crippen LogP) is 4.61. The van der Waals surface area contributed by atoms with Crippen LogP contribution < -0.4 is 5.43 Å². The van der Waals surface area contributed by atoms with Crippen LogP contribution >= 0.6 is 23.2 Å². The summed E-state index contributed by atoms with van der Waals surface area (Å²) < 4.78 is 0. The molecule has 1 N–H and O–H groups in total. The van der Waals surface area contributed by atoms with E-state index in [-0.39, 0.29) is 0 Å². The van der Waals surface area contributed by atoms with Crippen molar-refractivity contribution in [2.75, 3.05) is 5.43 Å². The SMILES string of the molecule is CC/C(=N/Nc1ncc(Cl)cc1Cl)c1ccccc1. The molecule has 19 heavy (non-hydrogen) atoms. The quantitative estimate of drug-likeness (QED) is 0.660. The molecule has 5 heteroatoms. The van der Waals surface area contributed by atoms with Crippen LogP contribution in [0.1, 0.15) is 18.9 Å². The van der Waals surface area contributed by atoms with Crippen molar-refractivity contribution in [3.63, 3.8) is 0 Å². The normalized spacial score (nSPS) is 11.4. The van der Waals surface area contributed by atoms with Crippen molar-refractivity contribution in [3.8, 4) is 0 Å². The van der Waals surface area contributed by atoms with Gasteiger partial charge in [0.2, 0.25) is 0 Å². The summed E-state index contributed by atoms with van der Waals surface area (Å²) in [5.74, 6) is 0.493. The fourth-order valence-electron chi connectivity index (χ4n) is 1.60. The van der Waals surface area contributed by atoms with E-state index in [0.29, 0.717) is 15.9 Å². The van der Waals surface area contributed by atoms with E-state index >= 15 is 0 Å². The second kappa shape index (κ2) is 6.55. The van der Waals surface area contributed by atoms with Gasteiger partial charge in [-0.2, -0.15) is 5.10 Å². The fraction of sp³-hybridized carbons (Fsp3) is 0.143. The van der Waals surface area contributed by atoms with Gasteiger partial charge in [0.05, 0.1) is 15.8 Å². The highest BCUT2D eigenvalue weighted by atomic mass is 35.5. The number of hydrogen-bond donors (Lipinski definition) is 1. The molecule has 0 fully saturated rings. The Morgan fingerprint density at radius 1 is 1.26 bits per heavy atom. The number of halogens is 2. The number of nitrogens with zero attached hydrogens (tertiary/aromatic N) is 2. The van der Waals surface area contributed by atoms with E-state index < -0.39 is 0 Å². The lowest BCUT2D eigenvalue weighted by molar-refractivity contribution is 1.18. The van der Waals surface area contributed by atoms with Gasteiger partial charge in [0.1, 0.15) is 0 Å². The Labute approximate surface area is 122 Å². The molecule has 0 radical (unpaired) electrons. The van der Waals surface area contributed by atoms with Crippen molar-refractivity contribution in [1.29, 1.82) is 0 Å². The first kappa shape index (κ1) is 13.8. The van der Waals surface area contributed by atoms with Crippen LogP contribution in [0.2, 0.25) is 10.0 Å². The topological polar surface area (TPSA) is 37.3 Å². The third kappa shape index (κ3) is 3.69. The molecule has 0 aliphatic carbocycles. The Hall–Kier alpha value is -1.58. The van der Waals surface area contributed by atoms with Crippen LogP contribution in [0.5, 0.6) is 0 Å². The van der Waals surface area contributed by atoms with E-state index in [9.17, 15) is 0 Å². The highest BCUT2D eigenvalue weighted by molar-refractivity contribution is 6.35. The molecule has 1 heterocycles. The maximum Gasteiger partial charge on any atom is 0.165 e. The van der Waals surface area contributed by atoms with Crippen LogP contribution in [0.3, 0.4) is 0 Å². The fourth-order valence-corrected chi connectivity index (χ4v) is 2.02. The van der Waals surface area contributed by atoms with Gasteiger partial charge in [0.25, 0.3) is 0 Å². The lowest BCUT2D eigenvalue weighted by Gasteiger charge is -2.06. The number of hydrazone groups is 1.